The van der Waals surface area contributed by atoms with Crippen LogP contribution in [0.25, 0.3) is 6.08 Å². The fraction of sp³-hybridized carbons (Fsp3) is 0.200. The molecule has 2 rings (SSSR count). The Hall–Kier alpha value is -1.12. The second kappa shape index (κ2) is 2.73. The summed E-state index contributed by atoms with van der Waals surface area (Å²) in [6, 6.07) is 7.99. The third-order valence-electron chi connectivity index (χ3n) is 2.27. The van der Waals surface area contributed by atoms with Crippen LogP contribution < -0.4 is 11.5 Å². The van der Waals surface area contributed by atoms with Gasteiger partial charge in [0.05, 0.1) is 0 Å². The molecule has 2 nitrogen and oxygen atoms in total. The van der Waals surface area contributed by atoms with E-state index in [0.717, 1.165) is 5.56 Å². The lowest BCUT2D eigenvalue weighted by Gasteiger charge is -2.23. The van der Waals surface area contributed by atoms with Crippen molar-refractivity contribution in [3.8, 4) is 0 Å². The molecule has 1 aromatic carbocycles. The van der Waals surface area contributed by atoms with Gasteiger partial charge in [0.25, 0.3) is 0 Å². The van der Waals surface area contributed by atoms with Gasteiger partial charge >= 0.3 is 0 Å². The van der Waals surface area contributed by atoms with E-state index >= 15 is 0 Å². The van der Waals surface area contributed by atoms with Crippen LogP contribution in [0.3, 0.4) is 0 Å². The van der Waals surface area contributed by atoms with E-state index in [1.54, 1.807) is 0 Å². The molecule has 0 amide bonds. The van der Waals surface area contributed by atoms with E-state index in [-0.39, 0.29) is 12.1 Å². The van der Waals surface area contributed by atoms with Gasteiger partial charge in [-0.05, 0) is 11.1 Å². The highest BCUT2D eigenvalue weighted by Crippen LogP contribution is 2.24. The van der Waals surface area contributed by atoms with Crippen LogP contribution in [0.15, 0.2) is 30.3 Å². The van der Waals surface area contributed by atoms with Gasteiger partial charge in [0.15, 0.2) is 0 Å². The van der Waals surface area contributed by atoms with Crippen molar-refractivity contribution in [3.63, 3.8) is 0 Å². The van der Waals surface area contributed by atoms with Gasteiger partial charge < -0.3 is 11.5 Å². The number of rotatable bonds is 0. The van der Waals surface area contributed by atoms with E-state index in [1.165, 1.54) is 5.56 Å². The summed E-state index contributed by atoms with van der Waals surface area (Å²) in [6.07, 6.45) is 3.98. The SMILES string of the molecule is N[C@@H]1c2ccccc2C=C[C@@H]1N. The minimum absolute atomic E-state index is 0.0418. The number of fused-ring (bicyclic) bond motifs is 1. The van der Waals surface area contributed by atoms with E-state index in [2.05, 4.69) is 6.07 Å². The Labute approximate surface area is 71.9 Å². The van der Waals surface area contributed by atoms with Crippen LogP contribution in [0.5, 0.6) is 0 Å². The molecule has 1 aliphatic rings. The first-order chi connectivity index (χ1) is 5.79. The predicted molar refractivity (Wildman–Crippen MR) is 50.4 cm³/mol. The molecule has 0 aliphatic heterocycles. The molecule has 2 heteroatoms. The van der Waals surface area contributed by atoms with Gasteiger partial charge in [-0.15, -0.1) is 0 Å². The van der Waals surface area contributed by atoms with Crippen molar-refractivity contribution in [2.45, 2.75) is 12.1 Å². The van der Waals surface area contributed by atoms with Gasteiger partial charge in [0.2, 0.25) is 0 Å². The Balaban J connectivity index is 2.52. The van der Waals surface area contributed by atoms with Gasteiger partial charge in [0, 0.05) is 12.1 Å². The summed E-state index contributed by atoms with van der Waals surface area (Å²) in [6.45, 7) is 0. The highest BCUT2D eigenvalue weighted by atomic mass is 14.8. The average Bonchev–Trinajstić information content (AvgIpc) is 2.12. The molecule has 1 aromatic rings. The molecule has 0 radical (unpaired) electrons. The molecular weight excluding hydrogens is 148 g/mol. The van der Waals surface area contributed by atoms with Crippen molar-refractivity contribution in [2.75, 3.05) is 0 Å². The van der Waals surface area contributed by atoms with E-state index in [1.807, 2.05) is 30.4 Å². The van der Waals surface area contributed by atoms with Crippen LogP contribution in [0.2, 0.25) is 0 Å². The maximum Gasteiger partial charge on any atom is 0.0491 e. The molecule has 0 spiro atoms. The third kappa shape index (κ3) is 1.05. The van der Waals surface area contributed by atoms with Crippen molar-refractivity contribution in [1.29, 1.82) is 0 Å². The number of benzene rings is 1. The first-order valence-corrected chi connectivity index (χ1v) is 4.07. The van der Waals surface area contributed by atoms with Crippen LogP contribution in [0.1, 0.15) is 17.2 Å². The number of hydrogen-bond acceptors (Lipinski definition) is 2. The lowest BCUT2D eigenvalue weighted by Crippen LogP contribution is -2.34. The second-order valence-corrected chi connectivity index (χ2v) is 3.09. The molecule has 0 unspecified atom stereocenters. The smallest absolute Gasteiger partial charge is 0.0491 e. The minimum Gasteiger partial charge on any atom is -0.323 e. The second-order valence-electron chi connectivity index (χ2n) is 3.09. The Morgan fingerprint density at radius 2 is 1.83 bits per heavy atom. The quantitative estimate of drug-likeness (QED) is 0.595. The fourth-order valence-corrected chi connectivity index (χ4v) is 1.51. The maximum atomic E-state index is 5.91. The highest BCUT2D eigenvalue weighted by Gasteiger charge is 2.18. The Bertz CT molecular complexity index is 317. The molecule has 0 aromatic heterocycles. The van der Waals surface area contributed by atoms with Crippen LogP contribution >= 0.6 is 0 Å². The van der Waals surface area contributed by atoms with E-state index < -0.39 is 0 Å². The summed E-state index contributed by atoms with van der Waals surface area (Å²) in [4.78, 5) is 0. The first-order valence-electron chi connectivity index (χ1n) is 4.07. The Morgan fingerprint density at radius 3 is 2.67 bits per heavy atom. The fourth-order valence-electron chi connectivity index (χ4n) is 1.51. The van der Waals surface area contributed by atoms with Crippen LogP contribution in [-0.2, 0) is 0 Å². The molecule has 12 heavy (non-hydrogen) atoms. The van der Waals surface area contributed by atoms with Crippen molar-refractivity contribution in [1.82, 2.24) is 0 Å². The molecule has 0 heterocycles. The Kier molecular flexibility index (Phi) is 1.71. The average molecular weight is 160 g/mol. The van der Waals surface area contributed by atoms with Crippen molar-refractivity contribution in [3.05, 3.63) is 41.5 Å². The topological polar surface area (TPSA) is 52.0 Å². The van der Waals surface area contributed by atoms with Crippen LogP contribution in [-0.4, -0.2) is 6.04 Å². The maximum absolute atomic E-state index is 5.91. The molecule has 0 fully saturated rings. The molecular formula is C10H12N2. The standard InChI is InChI=1S/C10H12N2/c11-9-6-5-7-3-1-2-4-8(7)10(9)12/h1-6,9-10H,11-12H2/t9-,10+/m0/s1. The zero-order valence-corrected chi connectivity index (χ0v) is 6.77. The first kappa shape index (κ1) is 7.53. The van der Waals surface area contributed by atoms with Crippen LogP contribution in [0, 0.1) is 0 Å². The molecule has 2 atom stereocenters. The monoisotopic (exact) mass is 160 g/mol. The predicted octanol–water partition coefficient (Wildman–Crippen LogP) is 1.04. The summed E-state index contributed by atoms with van der Waals surface area (Å²) in [5, 5.41) is 0. The zero-order valence-electron chi connectivity index (χ0n) is 6.77. The molecule has 0 saturated carbocycles. The minimum atomic E-state index is -0.0498. The molecule has 4 N–H and O–H groups in total. The van der Waals surface area contributed by atoms with Gasteiger partial charge in [-0.25, -0.2) is 0 Å². The largest absolute Gasteiger partial charge is 0.323 e. The van der Waals surface area contributed by atoms with Gasteiger partial charge in [0.1, 0.15) is 0 Å². The van der Waals surface area contributed by atoms with Crippen molar-refractivity contribution < 1.29 is 0 Å². The normalized spacial score (nSPS) is 26.8. The van der Waals surface area contributed by atoms with Gasteiger partial charge in [-0.3, -0.25) is 0 Å². The van der Waals surface area contributed by atoms with Crippen molar-refractivity contribution in [2.24, 2.45) is 11.5 Å². The lowest BCUT2D eigenvalue weighted by atomic mass is 9.90. The summed E-state index contributed by atoms with van der Waals surface area (Å²) >= 11 is 0. The van der Waals surface area contributed by atoms with Gasteiger partial charge in [-0.2, -0.15) is 0 Å². The highest BCUT2D eigenvalue weighted by molar-refractivity contribution is 5.58. The van der Waals surface area contributed by atoms with Crippen LogP contribution in [0.4, 0.5) is 0 Å². The molecule has 0 bridgehead atoms. The summed E-state index contributed by atoms with van der Waals surface area (Å²) in [5.41, 5.74) is 14.0. The third-order valence-corrected chi connectivity index (χ3v) is 2.27. The number of hydrogen-bond donors (Lipinski definition) is 2. The van der Waals surface area contributed by atoms with Gasteiger partial charge in [-0.1, -0.05) is 36.4 Å². The Morgan fingerprint density at radius 1 is 1.08 bits per heavy atom. The zero-order chi connectivity index (χ0) is 8.55. The number of nitrogens with two attached hydrogens (primary N) is 2. The molecule has 62 valence electrons. The summed E-state index contributed by atoms with van der Waals surface area (Å²) in [5.74, 6) is 0. The van der Waals surface area contributed by atoms with E-state index in [9.17, 15) is 0 Å². The molecule has 1 aliphatic carbocycles. The van der Waals surface area contributed by atoms with E-state index in [0.29, 0.717) is 0 Å². The molecule has 0 saturated heterocycles. The van der Waals surface area contributed by atoms with E-state index in [4.69, 9.17) is 11.5 Å². The summed E-state index contributed by atoms with van der Waals surface area (Å²) < 4.78 is 0. The van der Waals surface area contributed by atoms with Crippen molar-refractivity contribution >= 4 is 6.08 Å². The lowest BCUT2D eigenvalue weighted by molar-refractivity contribution is 0.630. The summed E-state index contributed by atoms with van der Waals surface area (Å²) in [7, 11) is 0.